The van der Waals surface area contributed by atoms with E-state index < -0.39 is 5.79 Å². The monoisotopic (exact) mass is 338 g/mol. The van der Waals surface area contributed by atoms with Crippen LogP contribution < -0.4 is 0 Å². The fourth-order valence-electron chi connectivity index (χ4n) is 3.41. The van der Waals surface area contributed by atoms with E-state index in [1.165, 1.54) is 32.1 Å². The number of carbonyl (C=O) groups is 1. The molecule has 0 amide bonds. The van der Waals surface area contributed by atoms with E-state index in [4.69, 9.17) is 14.2 Å². The second kappa shape index (κ2) is 10.9. The number of hydrogen-bond donors (Lipinski definition) is 0. The number of hydrogen-bond acceptors (Lipinski definition) is 4. The molecule has 2 aliphatic heterocycles. The third-order valence-corrected chi connectivity index (χ3v) is 4.87. The lowest BCUT2D eigenvalue weighted by atomic mass is 10.0. The predicted octanol–water partition coefficient (Wildman–Crippen LogP) is 4.91. The Morgan fingerprint density at radius 3 is 2.50 bits per heavy atom. The van der Waals surface area contributed by atoms with E-state index >= 15 is 0 Å². The van der Waals surface area contributed by atoms with Gasteiger partial charge in [-0.1, -0.05) is 45.4 Å². The Morgan fingerprint density at radius 2 is 1.75 bits per heavy atom. The molecule has 0 bridgehead atoms. The van der Waals surface area contributed by atoms with E-state index in [0.717, 1.165) is 38.5 Å². The molecule has 2 heterocycles. The summed E-state index contributed by atoms with van der Waals surface area (Å²) in [6.07, 6.45) is 16.4. The number of unbranched alkanes of at least 4 members (excludes halogenated alkanes) is 2. The average molecular weight is 338 g/mol. The van der Waals surface area contributed by atoms with Gasteiger partial charge in [-0.05, 0) is 37.8 Å². The number of ether oxygens (including phenoxy) is 3. The predicted molar refractivity (Wildman–Crippen MR) is 94.7 cm³/mol. The molecule has 138 valence electrons. The minimum absolute atomic E-state index is 0.0690. The zero-order chi connectivity index (χ0) is 17.1. The fourth-order valence-corrected chi connectivity index (χ4v) is 3.41. The summed E-state index contributed by atoms with van der Waals surface area (Å²) in [5.74, 6) is -0.667. The molecule has 1 atom stereocenters. The molecule has 0 aromatic carbocycles. The van der Waals surface area contributed by atoms with Crippen LogP contribution in [0, 0.1) is 0 Å². The third kappa shape index (κ3) is 6.94. The SMILES string of the molecule is CCCCC[C@H]1/C=C/C2(CCCCCCCCC(=O)O1)OCCO2. The minimum atomic E-state index is -0.598. The molecule has 1 spiro atoms. The summed E-state index contributed by atoms with van der Waals surface area (Å²) >= 11 is 0. The van der Waals surface area contributed by atoms with Gasteiger partial charge in [0.05, 0.1) is 13.2 Å². The van der Waals surface area contributed by atoms with Gasteiger partial charge in [-0.15, -0.1) is 0 Å². The molecule has 2 rings (SSSR count). The molecule has 2 aliphatic rings. The van der Waals surface area contributed by atoms with Gasteiger partial charge in [0.25, 0.3) is 0 Å². The molecule has 0 aromatic heterocycles. The van der Waals surface area contributed by atoms with Crippen LogP contribution in [0.3, 0.4) is 0 Å². The fraction of sp³-hybridized carbons (Fsp3) is 0.850. The maximum Gasteiger partial charge on any atom is 0.306 e. The van der Waals surface area contributed by atoms with Gasteiger partial charge in [-0.3, -0.25) is 4.79 Å². The van der Waals surface area contributed by atoms with Crippen LogP contribution in [0.25, 0.3) is 0 Å². The van der Waals surface area contributed by atoms with Crippen molar-refractivity contribution in [3.63, 3.8) is 0 Å². The third-order valence-electron chi connectivity index (χ3n) is 4.87. The summed E-state index contributed by atoms with van der Waals surface area (Å²) in [4.78, 5) is 12.1. The molecule has 1 fully saturated rings. The molecule has 4 heteroatoms. The van der Waals surface area contributed by atoms with Gasteiger partial charge < -0.3 is 14.2 Å². The van der Waals surface area contributed by atoms with E-state index in [9.17, 15) is 4.79 Å². The molecule has 0 radical (unpaired) electrons. The lowest BCUT2D eigenvalue weighted by molar-refractivity contribution is -0.148. The van der Waals surface area contributed by atoms with Crippen molar-refractivity contribution < 1.29 is 19.0 Å². The van der Waals surface area contributed by atoms with Crippen LogP contribution in [-0.4, -0.2) is 31.1 Å². The van der Waals surface area contributed by atoms with Crippen molar-refractivity contribution >= 4 is 5.97 Å². The first-order chi connectivity index (χ1) is 11.7. The highest BCUT2D eigenvalue weighted by Crippen LogP contribution is 2.29. The number of cyclic esters (lactones) is 1. The summed E-state index contributed by atoms with van der Waals surface area (Å²) < 4.78 is 17.5. The molecular formula is C20H34O4. The van der Waals surface area contributed by atoms with Gasteiger partial charge in [-0.25, -0.2) is 0 Å². The maximum atomic E-state index is 12.1. The van der Waals surface area contributed by atoms with E-state index in [0.29, 0.717) is 19.6 Å². The van der Waals surface area contributed by atoms with Gasteiger partial charge >= 0.3 is 5.97 Å². The van der Waals surface area contributed by atoms with Crippen molar-refractivity contribution in [1.82, 2.24) is 0 Å². The first-order valence-electron chi connectivity index (χ1n) is 9.91. The largest absolute Gasteiger partial charge is 0.458 e. The van der Waals surface area contributed by atoms with Crippen molar-refractivity contribution in [2.24, 2.45) is 0 Å². The van der Waals surface area contributed by atoms with Crippen molar-refractivity contribution in [1.29, 1.82) is 0 Å². The number of esters is 1. The van der Waals surface area contributed by atoms with Crippen LogP contribution in [-0.2, 0) is 19.0 Å². The molecule has 24 heavy (non-hydrogen) atoms. The Labute approximate surface area is 146 Å². The topological polar surface area (TPSA) is 44.8 Å². The van der Waals surface area contributed by atoms with E-state index in [1.807, 2.05) is 12.2 Å². The van der Waals surface area contributed by atoms with E-state index in [-0.39, 0.29) is 12.1 Å². The van der Waals surface area contributed by atoms with Gasteiger partial charge in [0.1, 0.15) is 6.10 Å². The minimum Gasteiger partial charge on any atom is -0.458 e. The maximum absolute atomic E-state index is 12.1. The smallest absolute Gasteiger partial charge is 0.306 e. The van der Waals surface area contributed by atoms with Gasteiger partial charge in [0.15, 0.2) is 5.79 Å². The van der Waals surface area contributed by atoms with E-state index in [2.05, 4.69) is 6.92 Å². The van der Waals surface area contributed by atoms with Crippen LogP contribution >= 0.6 is 0 Å². The quantitative estimate of drug-likeness (QED) is 0.415. The second-order valence-corrected chi connectivity index (χ2v) is 7.01. The highest BCUT2D eigenvalue weighted by molar-refractivity contribution is 5.69. The second-order valence-electron chi connectivity index (χ2n) is 7.01. The van der Waals surface area contributed by atoms with Crippen molar-refractivity contribution in [3.8, 4) is 0 Å². The summed E-state index contributed by atoms with van der Waals surface area (Å²) in [6.45, 7) is 3.47. The standard InChI is InChI=1S/C20H34O4/c1-2-3-8-11-18-13-15-20(22-16-17-23-20)14-10-7-5-4-6-9-12-19(21)24-18/h13,15,18H,2-12,14,16-17H2,1H3/b15-13+/t18-/m0/s1. The molecule has 0 N–H and O–H groups in total. The van der Waals surface area contributed by atoms with Crippen molar-refractivity contribution in [3.05, 3.63) is 12.2 Å². The Kier molecular flexibility index (Phi) is 8.82. The Morgan fingerprint density at radius 1 is 1.04 bits per heavy atom. The Balaban J connectivity index is 2.02. The van der Waals surface area contributed by atoms with Crippen LogP contribution in [0.2, 0.25) is 0 Å². The van der Waals surface area contributed by atoms with E-state index in [1.54, 1.807) is 0 Å². The summed E-state index contributed by atoms with van der Waals surface area (Å²) in [5.41, 5.74) is 0. The first kappa shape index (κ1) is 19.5. The molecule has 1 saturated heterocycles. The normalized spacial score (nSPS) is 27.5. The van der Waals surface area contributed by atoms with Gasteiger partial charge in [0.2, 0.25) is 0 Å². The highest BCUT2D eigenvalue weighted by Gasteiger charge is 2.33. The zero-order valence-corrected chi connectivity index (χ0v) is 15.3. The molecule has 4 nitrogen and oxygen atoms in total. The molecule has 0 aliphatic carbocycles. The van der Waals surface area contributed by atoms with Gasteiger partial charge in [-0.2, -0.15) is 0 Å². The summed E-state index contributed by atoms with van der Waals surface area (Å²) in [7, 11) is 0. The lowest BCUT2D eigenvalue weighted by Crippen LogP contribution is -2.28. The van der Waals surface area contributed by atoms with Crippen LogP contribution in [0.5, 0.6) is 0 Å². The highest BCUT2D eigenvalue weighted by atomic mass is 16.7. The summed E-state index contributed by atoms with van der Waals surface area (Å²) in [5, 5.41) is 0. The summed E-state index contributed by atoms with van der Waals surface area (Å²) in [6, 6.07) is 0. The number of rotatable bonds is 4. The van der Waals surface area contributed by atoms with Crippen molar-refractivity contribution in [2.75, 3.05) is 13.2 Å². The van der Waals surface area contributed by atoms with Crippen LogP contribution in [0.4, 0.5) is 0 Å². The molecule has 0 saturated carbocycles. The Bertz CT molecular complexity index is 385. The molecule has 0 unspecified atom stereocenters. The lowest BCUT2D eigenvalue weighted by Gasteiger charge is -2.25. The number of carbonyl (C=O) groups excluding carboxylic acids is 1. The Hall–Kier alpha value is -0.870. The first-order valence-corrected chi connectivity index (χ1v) is 9.91. The zero-order valence-electron chi connectivity index (χ0n) is 15.3. The molecular weight excluding hydrogens is 304 g/mol. The van der Waals surface area contributed by atoms with Crippen LogP contribution in [0.1, 0.15) is 84.0 Å². The molecule has 0 aromatic rings. The van der Waals surface area contributed by atoms with Crippen LogP contribution in [0.15, 0.2) is 12.2 Å². The van der Waals surface area contributed by atoms with Crippen molar-refractivity contribution in [2.45, 2.75) is 95.9 Å². The van der Waals surface area contributed by atoms with Gasteiger partial charge in [0, 0.05) is 12.8 Å². The average Bonchev–Trinajstić information content (AvgIpc) is 3.04.